The van der Waals surface area contributed by atoms with Crippen LogP contribution in [0.15, 0.2) is 0 Å². The molecule has 0 saturated carbocycles. The Hall–Kier alpha value is 0.230. The summed E-state index contributed by atoms with van der Waals surface area (Å²) in [5, 5.41) is 3.66. The third kappa shape index (κ3) is 3.41. The third-order valence-electron chi connectivity index (χ3n) is 4.63. The molecular formula is C14H27N3S. The zero-order valence-corrected chi connectivity index (χ0v) is 12.3. The van der Waals surface area contributed by atoms with Gasteiger partial charge in [0.15, 0.2) is 0 Å². The average Bonchev–Trinajstić information content (AvgIpc) is 2.89. The molecule has 0 bridgehead atoms. The monoisotopic (exact) mass is 269 g/mol. The fourth-order valence-electron chi connectivity index (χ4n) is 3.61. The van der Waals surface area contributed by atoms with Crippen molar-refractivity contribution in [3.8, 4) is 0 Å². The van der Waals surface area contributed by atoms with Crippen LogP contribution in [-0.2, 0) is 0 Å². The van der Waals surface area contributed by atoms with Gasteiger partial charge in [-0.05, 0) is 38.9 Å². The number of hydrogen-bond acceptors (Lipinski definition) is 4. The molecule has 4 heteroatoms. The summed E-state index contributed by atoms with van der Waals surface area (Å²) in [7, 11) is 0. The fraction of sp³-hybridized carbons (Fsp3) is 1.00. The zero-order chi connectivity index (χ0) is 12.2. The Morgan fingerprint density at radius 2 is 2.00 bits per heavy atom. The summed E-state index contributed by atoms with van der Waals surface area (Å²) in [5.41, 5.74) is 0. The average molecular weight is 269 g/mol. The molecule has 3 saturated heterocycles. The maximum absolute atomic E-state index is 3.66. The first-order chi connectivity index (χ1) is 8.92. The molecule has 0 aromatic rings. The van der Waals surface area contributed by atoms with Gasteiger partial charge in [-0.2, -0.15) is 11.8 Å². The van der Waals surface area contributed by atoms with Crippen molar-refractivity contribution < 1.29 is 0 Å². The molecule has 0 aromatic heterocycles. The van der Waals surface area contributed by atoms with E-state index in [0.717, 1.165) is 12.1 Å². The van der Waals surface area contributed by atoms with E-state index in [1.54, 1.807) is 0 Å². The van der Waals surface area contributed by atoms with Gasteiger partial charge >= 0.3 is 0 Å². The number of rotatable bonds is 3. The van der Waals surface area contributed by atoms with E-state index < -0.39 is 0 Å². The predicted molar refractivity (Wildman–Crippen MR) is 79.4 cm³/mol. The number of likely N-dealkylation sites (tertiary alicyclic amines) is 2. The summed E-state index contributed by atoms with van der Waals surface area (Å²) in [6, 6.07) is 1.60. The summed E-state index contributed by atoms with van der Waals surface area (Å²) in [5.74, 6) is 2.61. The Morgan fingerprint density at radius 3 is 2.78 bits per heavy atom. The molecule has 1 N–H and O–H groups in total. The Balaban J connectivity index is 1.42. The largest absolute Gasteiger partial charge is 0.311 e. The molecule has 3 rings (SSSR count). The lowest BCUT2D eigenvalue weighted by Crippen LogP contribution is -2.46. The minimum absolute atomic E-state index is 0.740. The van der Waals surface area contributed by atoms with Crippen molar-refractivity contribution in [2.45, 2.75) is 37.8 Å². The van der Waals surface area contributed by atoms with Crippen LogP contribution >= 0.6 is 11.8 Å². The first-order valence-corrected chi connectivity index (χ1v) is 8.85. The molecule has 2 unspecified atom stereocenters. The Kier molecular flexibility index (Phi) is 4.85. The number of hydrogen-bond donors (Lipinski definition) is 1. The normalized spacial score (nSPS) is 36.0. The van der Waals surface area contributed by atoms with Gasteiger partial charge in [-0.25, -0.2) is 0 Å². The van der Waals surface area contributed by atoms with Gasteiger partial charge in [0.25, 0.3) is 0 Å². The van der Waals surface area contributed by atoms with Crippen molar-refractivity contribution in [2.75, 3.05) is 50.8 Å². The second kappa shape index (κ2) is 6.60. The molecule has 0 aliphatic carbocycles. The maximum Gasteiger partial charge on any atom is 0.0285 e. The predicted octanol–water partition coefficient (Wildman–Crippen LogP) is 1.25. The van der Waals surface area contributed by atoms with Crippen LogP contribution < -0.4 is 5.32 Å². The molecular weight excluding hydrogens is 242 g/mol. The van der Waals surface area contributed by atoms with E-state index in [2.05, 4.69) is 26.9 Å². The molecule has 3 aliphatic rings. The molecule has 2 atom stereocenters. The molecule has 3 fully saturated rings. The molecule has 3 heterocycles. The molecule has 0 aromatic carbocycles. The van der Waals surface area contributed by atoms with E-state index in [1.165, 1.54) is 76.5 Å². The van der Waals surface area contributed by atoms with Crippen LogP contribution in [0.1, 0.15) is 25.7 Å². The van der Waals surface area contributed by atoms with Gasteiger partial charge in [-0.1, -0.05) is 6.42 Å². The molecule has 3 nitrogen and oxygen atoms in total. The Bertz CT molecular complexity index is 249. The molecule has 3 aliphatic heterocycles. The van der Waals surface area contributed by atoms with E-state index in [9.17, 15) is 0 Å². The lowest BCUT2D eigenvalue weighted by atomic mass is 10.1. The third-order valence-corrected chi connectivity index (χ3v) is 5.76. The van der Waals surface area contributed by atoms with Crippen molar-refractivity contribution in [1.29, 1.82) is 0 Å². The van der Waals surface area contributed by atoms with Crippen molar-refractivity contribution >= 4 is 11.8 Å². The van der Waals surface area contributed by atoms with E-state index in [1.807, 2.05) is 0 Å². The first kappa shape index (κ1) is 13.2. The number of piperidine rings is 1. The second-order valence-corrected chi connectivity index (χ2v) is 7.17. The van der Waals surface area contributed by atoms with Crippen LogP contribution in [-0.4, -0.2) is 72.7 Å². The second-order valence-electron chi connectivity index (χ2n) is 6.02. The highest BCUT2D eigenvalue weighted by Gasteiger charge is 2.29. The van der Waals surface area contributed by atoms with Crippen LogP contribution in [0.3, 0.4) is 0 Å². The van der Waals surface area contributed by atoms with Gasteiger partial charge in [0.1, 0.15) is 0 Å². The SMILES string of the molecule is C1CCN(C2CCN(CC3CSCCN3)C2)CC1. The fourth-order valence-corrected chi connectivity index (χ4v) is 4.54. The maximum atomic E-state index is 3.66. The van der Waals surface area contributed by atoms with Crippen molar-refractivity contribution in [2.24, 2.45) is 0 Å². The summed E-state index contributed by atoms with van der Waals surface area (Å²) in [6.07, 6.45) is 5.71. The van der Waals surface area contributed by atoms with E-state index in [0.29, 0.717) is 0 Å². The highest BCUT2D eigenvalue weighted by Crippen LogP contribution is 2.21. The minimum atomic E-state index is 0.740. The highest BCUT2D eigenvalue weighted by molar-refractivity contribution is 7.99. The first-order valence-electron chi connectivity index (χ1n) is 7.69. The molecule has 0 radical (unpaired) electrons. The quantitative estimate of drug-likeness (QED) is 0.831. The van der Waals surface area contributed by atoms with E-state index in [-0.39, 0.29) is 0 Å². The molecule has 0 spiro atoms. The van der Waals surface area contributed by atoms with Gasteiger partial charge in [-0.3, -0.25) is 4.90 Å². The van der Waals surface area contributed by atoms with Crippen molar-refractivity contribution in [3.63, 3.8) is 0 Å². The Morgan fingerprint density at radius 1 is 1.11 bits per heavy atom. The van der Waals surface area contributed by atoms with Crippen LogP contribution in [0.25, 0.3) is 0 Å². The lowest BCUT2D eigenvalue weighted by molar-refractivity contribution is 0.160. The highest BCUT2D eigenvalue weighted by atomic mass is 32.2. The molecule has 0 amide bonds. The van der Waals surface area contributed by atoms with E-state index >= 15 is 0 Å². The Labute approximate surface area is 116 Å². The van der Waals surface area contributed by atoms with Gasteiger partial charge in [0, 0.05) is 43.2 Å². The topological polar surface area (TPSA) is 18.5 Å². The van der Waals surface area contributed by atoms with Crippen LogP contribution in [0, 0.1) is 0 Å². The van der Waals surface area contributed by atoms with Gasteiger partial charge in [0.05, 0.1) is 0 Å². The zero-order valence-electron chi connectivity index (χ0n) is 11.4. The molecule has 104 valence electrons. The van der Waals surface area contributed by atoms with Gasteiger partial charge in [-0.15, -0.1) is 0 Å². The summed E-state index contributed by atoms with van der Waals surface area (Å²) in [4.78, 5) is 5.45. The van der Waals surface area contributed by atoms with Gasteiger partial charge < -0.3 is 10.2 Å². The summed E-state index contributed by atoms with van der Waals surface area (Å²) in [6.45, 7) is 7.84. The number of thioether (sulfide) groups is 1. The van der Waals surface area contributed by atoms with Gasteiger partial charge in [0.2, 0.25) is 0 Å². The number of nitrogens with zero attached hydrogens (tertiary/aromatic N) is 2. The lowest BCUT2D eigenvalue weighted by Gasteiger charge is -2.33. The molecule has 18 heavy (non-hydrogen) atoms. The van der Waals surface area contributed by atoms with Crippen LogP contribution in [0.2, 0.25) is 0 Å². The standard InChI is InChI=1S/C14H27N3S/c1-2-6-17(7-3-1)14-4-8-16(11-14)10-13-12-18-9-5-15-13/h13-15H,1-12H2. The number of nitrogens with one attached hydrogen (secondary N) is 1. The van der Waals surface area contributed by atoms with Crippen molar-refractivity contribution in [3.05, 3.63) is 0 Å². The van der Waals surface area contributed by atoms with E-state index in [4.69, 9.17) is 0 Å². The summed E-state index contributed by atoms with van der Waals surface area (Å²) < 4.78 is 0. The summed E-state index contributed by atoms with van der Waals surface area (Å²) >= 11 is 2.12. The van der Waals surface area contributed by atoms with Crippen molar-refractivity contribution in [1.82, 2.24) is 15.1 Å². The van der Waals surface area contributed by atoms with Crippen LogP contribution in [0.5, 0.6) is 0 Å². The minimum Gasteiger partial charge on any atom is -0.311 e. The smallest absolute Gasteiger partial charge is 0.0285 e. The van der Waals surface area contributed by atoms with Crippen LogP contribution in [0.4, 0.5) is 0 Å².